The second-order valence-corrected chi connectivity index (χ2v) is 7.53. The summed E-state index contributed by atoms with van der Waals surface area (Å²) in [7, 11) is 0. The molecule has 0 N–H and O–H groups in total. The van der Waals surface area contributed by atoms with Gasteiger partial charge in [-0.3, -0.25) is 14.5 Å². The fourth-order valence-corrected chi connectivity index (χ4v) is 3.80. The third-order valence-electron chi connectivity index (χ3n) is 5.58. The Morgan fingerprint density at radius 3 is 2.43 bits per heavy atom. The van der Waals surface area contributed by atoms with Crippen molar-refractivity contribution in [1.82, 2.24) is 14.7 Å². The van der Waals surface area contributed by atoms with Crippen LogP contribution in [0.25, 0.3) is 0 Å². The first-order valence-corrected chi connectivity index (χ1v) is 10.4. The number of amides is 2. The Morgan fingerprint density at radius 1 is 0.967 bits per heavy atom. The second-order valence-electron chi connectivity index (χ2n) is 7.53. The van der Waals surface area contributed by atoms with E-state index in [2.05, 4.69) is 4.90 Å². The summed E-state index contributed by atoms with van der Waals surface area (Å²) in [6, 6.07) is 15.1. The van der Waals surface area contributed by atoms with Gasteiger partial charge in [0.25, 0.3) is 5.91 Å². The quantitative estimate of drug-likeness (QED) is 0.732. The molecular weight excluding hydrogens is 382 g/mol. The lowest BCUT2D eigenvalue weighted by atomic mass is 10.1. The smallest absolute Gasteiger partial charge is 0.253 e. The molecule has 0 aromatic heterocycles. The van der Waals surface area contributed by atoms with Crippen molar-refractivity contribution in [1.29, 1.82) is 0 Å². The molecule has 0 atom stereocenters. The zero-order chi connectivity index (χ0) is 20.9. The van der Waals surface area contributed by atoms with Crippen molar-refractivity contribution in [2.45, 2.75) is 13.5 Å². The molecule has 2 heterocycles. The number of likely N-dealkylation sites (N-methyl/N-ethyl adjacent to an activating group) is 1. The number of rotatable bonds is 6. The first-order valence-electron chi connectivity index (χ1n) is 10.4. The molecule has 2 aromatic rings. The van der Waals surface area contributed by atoms with E-state index < -0.39 is 0 Å². The molecule has 2 aromatic carbocycles. The summed E-state index contributed by atoms with van der Waals surface area (Å²) in [5.74, 6) is 1.63. The summed E-state index contributed by atoms with van der Waals surface area (Å²) in [5.41, 5.74) is 1.73. The van der Waals surface area contributed by atoms with Crippen molar-refractivity contribution >= 4 is 11.8 Å². The lowest BCUT2D eigenvalue weighted by Gasteiger charge is -2.35. The minimum absolute atomic E-state index is 0.0552. The highest BCUT2D eigenvalue weighted by Gasteiger charge is 2.25. The van der Waals surface area contributed by atoms with Crippen LogP contribution in [0, 0.1) is 0 Å². The van der Waals surface area contributed by atoms with Crippen molar-refractivity contribution < 1.29 is 19.1 Å². The standard InChI is InChI=1S/C23H27N3O4/c1-2-25(15-18-8-9-20-21(14-18)30-17-29-20)22(27)16-24-10-12-26(13-11-24)23(28)19-6-4-3-5-7-19/h3-9,14H,2,10-13,15-17H2,1H3. The Labute approximate surface area is 176 Å². The number of carbonyl (C=O) groups is 2. The van der Waals surface area contributed by atoms with E-state index in [0.717, 1.165) is 17.1 Å². The summed E-state index contributed by atoms with van der Waals surface area (Å²) in [6.45, 7) is 6.45. The van der Waals surface area contributed by atoms with E-state index in [9.17, 15) is 9.59 Å². The molecule has 30 heavy (non-hydrogen) atoms. The third-order valence-corrected chi connectivity index (χ3v) is 5.58. The molecule has 0 aliphatic carbocycles. The first-order chi connectivity index (χ1) is 14.6. The van der Waals surface area contributed by atoms with Gasteiger partial charge >= 0.3 is 0 Å². The van der Waals surface area contributed by atoms with Crippen LogP contribution >= 0.6 is 0 Å². The maximum Gasteiger partial charge on any atom is 0.253 e. The number of carbonyl (C=O) groups excluding carboxylic acids is 2. The number of ether oxygens (including phenoxy) is 2. The van der Waals surface area contributed by atoms with Gasteiger partial charge in [-0.2, -0.15) is 0 Å². The highest BCUT2D eigenvalue weighted by Crippen LogP contribution is 2.32. The number of benzene rings is 2. The molecule has 0 radical (unpaired) electrons. The van der Waals surface area contributed by atoms with Crippen molar-refractivity contribution in [3.05, 3.63) is 59.7 Å². The number of hydrogen-bond donors (Lipinski definition) is 0. The SMILES string of the molecule is CCN(Cc1ccc2c(c1)OCO2)C(=O)CN1CCN(C(=O)c2ccccc2)CC1. The fraction of sp³-hybridized carbons (Fsp3) is 0.391. The molecule has 1 fully saturated rings. The highest BCUT2D eigenvalue weighted by atomic mass is 16.7. The average molecular weight is 409 g/mol. The van der Waals surface area contributed by atoms with Crippen LogP contribution in [0.5, 0.6) is 11.5 Å². The zero-order valence-electron chi connectivity index (χ0n) is 17.3. The molecule has 158 valence electrons. The molecule has 0 spiro atoms. The normalized spacial score (nSPS) is 15.8. The summed E-state index contributed by atoms with van der Waals surface area (Å²) in [6.07, 6.45) is 0. The van der Waals surface area contributed by atoms with Gasteiger partial charge in [-0.15, -0.1) is 0 Å². The summed E-state index contributed by atoms with van der Waals surface area (Å²) in [5, 5.41) is 0. The van der Waals surface area contributed by atoms with Gasteiger partial charge in [-0.1, -0.05) is 24.3 Å². The first kappa shape index (κ1) is 20.2. The van der Waals surface area contributed by atoms with Gasteiger partial charge < -0.3 is 19.3 Å². The van der Waals surface area contributed by atoms with E-state index in [0.29, 0.717) is 51.4 Å². The Hall–Kier alpha value is -3.06. The van der Waals surface area contributed by atoms with E-state index in [1.165, 1.54) is 0 Å². The second kappa shape index (κ2) is 9.17. The van der Waals surface area contributed by atoms with Crippen LogP contribution in [-0.4, -0.2) is 72.6 Å². The topological polar surface area (TPSA) is 62.3 Å². The zero-order valence-corrected chi connectivity index (χ0v) is 17.3. The maximum absolute atomic E-state index is 12.9. The Kier molecular flexibility index (Phi) is 6.18. The molecule has 2 aliphatic heterocycles. The number of fused-ring (bicyclic) bond motifs is 1. The monoisotopic (exact) mass is 409 g/mol. The van der Waals surface area contributed by atoms with E-state index >= 15 is 0 Å². The maximum atomic E-state index is 12.9. The summed E-state index contributed by atoms with van der Waals surface area (Å²) < 4.78 is 10.8. The molecule has 0 unspecified atom stereocenters. The number of hydrogen-bond acceptors (Lipinski definition) is 5. The lowest BCUT2D eigenvalue weighted by Crippen LogP contribution is -2.51. The molecule has 0 saturated carbocycles. The molecule has 2 aliphatic rings. The van der Waals surface area contributed by atoms with Crippen LogP contribution < -0.4 is 9.47 Å². The van der Waals surface area contributed by atoms with Crippen LogP contribution in [0.4, 0.5) is 0 Å². The van der Waals surface area contributed by atoms with Gasteiger partial charge in [0.15, 0.2) is 11.5 Å². The highest BCUT2D eigenvalue weighted by molar-refractivity contribution is 5.94. The Bertz CT molecular complexity index is 895. The Balaban J connectivity index is 1.28. The van der Waals surface area contributed by atoms with Crippen LogP contribution in [0.1, 0.15) is 22.8 Å². The predicted octanol–water partition coefficient (Wildman–Crippen LogP) is 2.22. The van der Waals surface area contributed by atoms with Crippen LogP contribution in [0.15, 0.2) is 48.5 Å². The largest absolute Gasteiger partial charge is 0.454 e. The summed E-state index contributed by atoms with van der Waals surface area (Å²) in [4.78, 5) is 31.3. The van der Waals surface area contributed by atoms with Gasteiger partial charge in [0, 0.05) is 44.8 Å². The fourth-order valence-electron chi connectivity index (χ4n) is 3.80. The van der Waals surface area contributed by atoms with E-state index in [1.54, 1.807) is 0 Å². The average Bonchev–Trinajstić information content (AvgIpc) is 3.26. The van der Waals surface area contributed by atoms with Crippen molar-refractivity contribution in [2.24, 2.45) is 0 Å². The van der Waals surface area contributed by atoms with Crippen molar-refractivity contribution in [2.75, 3.05) is 46.1 Å². The minimum Gasteiger partial charge on any atom is -0.454 e. The van der Waals surface area contributed by atoms with E-state index in [1.807, 2.05) is 65.3 Å². The van der Waals surface area contributed by atoms with Crippen LogP contribution in [0.2, 0.25) is 0 Å². The van der Waals surface area contributed by atoms with Gasteiger partial charge in [0.05, 0.1) is 6.54 Å². The number of piperazine rings is 1. The summed E-state index contributed by atoms with van der Waals surface area (Å²) >= 11 is 0. The molecule has 4 rings (SSSR count). The van der Waals surface area contributed by atoms with Gasteiger partial charge in [-0.25, -0.2) is 0 Å². The molecule has 7 nitrogen and oxygen atoms in total. The molecule has 7 heteroatoms. The van der Waals surface area contributed by atoms with Gasteiger partial charge in [0.2, 0.25) is 12.7 Å². The lowest BCUT2D eigenvalue weighted by molar-refractivity contribution is -0.133. The Morgan fingerprint density at radius 2 is 1.70 bits per heavy atom. The van der Waals surface area contributed by atoms with Crippen molar-refractivity contribution in [3.8, 4) is 11.5 Å². The van der Waals surface area contributed by atoms with Gasteiger partial charge in [-0.05, 0) is 36.8 Å². The van der Waals surface area contributed by atoms with E-state index in [4.69, 9.17) is 9.47 Å². The van der Waals surface area contributed by atoms with E-state index in [-0.39, 0.29) is 18.6 Å². The van der Waals surface area contributed by atoms with Crippen LogP contribution in [-0.2, 0) is 11.3 Å². The molecular formula is C23H27N3O4. The predicted molar refractivity (Wildman–Crippen MR) is 112 cm³/mol. The minimum atomic E-state index is 0.0552. The van der Waals surface area contributed by atoms with Gasteiger partial charge in [0.1, 0.15) is 0 Å². The molecule has 2 amide bonds. The third kappa shape index (κ3) is 4.57. The molecule has 0 bridgehead atoms. The molecule has 1 saturated heterocycles. The van der Waals surface area contributed by atoms with Crippen LogP contribution in [0.3, 0.4) is 0 Å². The van der Waals surface area contributed by atoms with Crippen molar-refractivity contribution in [3.63, 3.8) is 0 Å². The number of nitrogens with zero attached hydrogens (tertiary/aromatic N) is 3.